The Morgan fingerprint density at radius 3 is 0.953 bits per heavy atom. The largest absolute Gasteiger partial charge is 0.466 e. The SMILES string of the molecule is CCCCCCCCCCCCCCCCCCCC(=O)OCCCCCCCCCCCCCCCCCCC(=O)NC(CO)C(O)CCCCCCCCCCCCCCCC. The van der Waals surface area contributed by atoms with Crippen LogP contribution in [0.3, 0.4) is 0 Å². The molecule has 6 nitrogen and oxygen atoms in total. The summed E-state index contributed by atoms with van der Waals surface area (Å²) in [4.78, 5) is 24.5. The Balaban J connectivity index is 3.38. The van der Waals surface area contributed by atoms with Crippen molar-refractivity contribution in [1.29, 1.82) is 0 Å². The molecule has 0 aliphatic rings. The second-order valence-electron chi connectivity index (χ2n) is 20.3. The number of esters is 1. The predicted octanol–water partition coefficient (Wildman–Crippen LogP) is 17.9. The van der Waals surface area contributed by atoms with Gasteiger partial charge in [-0.3, -0.25) is 9.59 Å². The van der Waals surface area contributed by atoms with Gasteiger partial charge in [-0.15, -0.1) is 0 Å². The number of rotatable bonds is 55. The molecule has 0 saturated carbocycles. The lowest BCUT2D eigenvalue weighted by atomic mass is 10.0. The van der Waals surface area contributed by atoms with Gasteiger partial charge in [0.1, 0.15) is 0 Å². The first-order valence-electron chi connectivity index (χ1n) is 29.3. The van der Waals surface area contributed by atoms with Crippen LogP contribution < -0.4 is 5.32 Å². The molecule has 0 rings (SSSR count). The molecule has 0 spiro atoms. The number of ether oxygens (including phenoxy) is 1. The molecule has 0 saturated heterocycles. The van der Waals surface area contributed by atoms with Gasteiger partial charge in [-0.1, -0.05) is 296 Å². The lowest BCUT2D eigenvalue weighted by molar-refractivity contribution is -0.143. The Morgan fingerprint density at radius 1 is 0.375 bits per heavy atom. The molecule has 6 heteroatoms. The molecule has 0 radical (unpaired) electrons. The van der Waals surface area contributed by atoms with Crippen LogP contribution in [0.15, 0.2) is 0 Å². The minimum absolute atomic E-state index is 0.00807. The fourth-order valence-electron chi connectivity index (χ4n) is 9.41. The van der Waals surface area contributed by atoms with Gasteiger partial charge in [-0.25, -0.2) is 0 Å². The Morgan fingerprint density at radius 2 is 0.641 bits per heavy atom. The smallest absolute Gasteiger partial charge is 0.305 e. The fraction of sp³-hybridized carbons (Fsp3) is 0.966. The molecule has 0 aliphatic carbocycles. The van der Waals surface area contributed by atoms with E-state index in [-0.39, 0.29) is 18.5 Å². The summed E-state index contributed by atoms with van der Waals surface area (Å²) in [6.45, 7) is 4.97. The van der Waals surface area contributed by atoms with Gasteiger partial charge >= 0.3 is 5.97 Å². The first-order valence-corrected chi connectivity index (χ1v) is 29.3. The summed E-state index contributed by atoms with van der Waals surface area (Å²) < 4.78 is 5.49. The molecule has 64 heavy (non-hydrogen) atoms. The minimum atomic E-state index is -0.667. The van der Waals surface area contributed by atoms with E-state index in [4.69, 9.17) is 4.74 Å². The summed E-state index contributed by atoms with van der Waals surface area (Å²) in [7, 11) is 0. The van der Waals surface area contributed by atoms with Crippen molar-refractivity contribution < 1.29 is 24.5 Å². The maximum Gasteiger partial charge on any atom is 0.305 e. The van der Waals surface area contributed by atoms with Crippen LogP contribution >= 0.6 is 0 Å². The van der Waals surface area contributed by atoms with E-state index in [0.29, 0.717) is 25.9 Å². The van der Waals surface area contributed by atoms with Gasteiger partial charge in [-0.2, -0.15) is 0 Å². The van der Waals surface area contributed by atoms with Crippen LogP contribution in [0.2, 0.25) is 0 Å². The zero-order valence-electron chi connectivity index (χ0n) is 43.5. The molecule has 0 fully saturated rings. The van der Waals surface area contributed by atoms with Gasteiger partial charge in [0.15, 0.2) is 0 Å². The van der Waals surface area contributed by atoms with Gasteiger partial charge in [0.25, 0.3) is 0 Å². The molecular weight excluding hydrogens is 791 g/mol. The van der Waals surface area contributed by atoms with E-state index in [1.807, 2.05) is 0 Å². The highest BCUT2D eigenvalue weighted by atomic mass is 16.5. The third-order valence-electron chi connectivity index (χ3n) is 13.9. The van der Waals surface area contributed by atoms with Crippen LogP contribution in [0.25, 0.3) is 0 Å². The number of unbranched alkanes of at least 4 members (excludes halogenated alkanes) is 44. The molecule has 0 aromatic heterocycles. The van der Waals surface area contributed by atoms with Crippen molar-refractivity contribution in [2.45, 2.75) is 347 Å². The van der Waals surface area contributed by atoms with Crippen molar-refractivity contribution in [3.8, 4) is 0 Å². The van der Waals surface area contributed by atoms with Gasteiger partial charge in [-0.05, 0) is 25.7 Å². The normalized spacial score (nSPS) is 12.5. The molecule has 0 heterocycles. The summed E-state index contributed by atoms with van der Waals surface area (Å²) in [6, 6.07) is -0.545. The van der Waals surface area contributed by atoms with Crippen molar-refractivity contribution in [2.24, 2.45) is 0 Å². The van der Waals surface area contributed by atoms with E-state index in [1.165, 1.54) is 263 Å². The lowest BCUT2D eigenvalue weighted by Gasteiger charge is -2.22. The van der Waals surface area contributed by atoms with Crippen molar-refractivity contribution in [2.75, 3.05) is 13.2 Å². The summed E-state index contributed by atoms with van der Waals surface area (Å²) in [5.41, 5.74) is 0. The van der Waals surface area contributed by atoms with Crippen LogP contribution in [0.1, 0.15) is 335 Å². The van der Waals surface area contributed by atoms with Crippen LogP contribution in [0.5, 0.6) is 0 Å². The lowest BCUT2D eigenvalue weighted by Crippen LogP contribution is -2.45. The molecule has 3 N–H and O–H groups in total. The summed E-state index contributed by atoms with van der Waals surface area (Å²) >= 11 is 0. The minimum Gasteiger partial charge on any atom is -0.466 e. The second kappa shape index (κ2) is 54.5. The molecule has 0 aliphatic heterocycles. The van der Waals surface area contributed by atoms with Crippen molar-refractivity contribution in [3.05, 3.63) is 0 Å². The van der Waals surface area contributed by atoms with E-state index in [2.05, 4.69) is 19.2 Å². The van der Waals surface area contributed by atoms with E-state index in [0.717, 1.165) is 38.5 Å². The molecule has 2 atom stereocenters. The van der Waals surface area contributed by atoms with Crippen LogP contribution in [0, 0.1) is 0 Å². The van der Waals surface area contributed by atoms with Crippen LogP contribution in [-0.4, -0.2) is 47.4 Å². The van der Waals surface area contributed by atoms with E-state index >= 15 is 0 Å². The average Bonchev–Trinajstić information content (AvgIpc) is 3.29. The Bertz CT molecular complexity index is 913. The third-order valence-corrected chi connectivity index (χ3v) is 13.9. The third kappa shape index (κ3) is 50.3. The summed E-state index contributed by atoms with van der Waals surface area (Å²) in [5.74, 6) is -0.0311. The fourth-order valence-corrected chi connectivity index (χ4v) is 9.41. The zero-order valence-corrected chi connectivity index (χ0v) is 43.5. The molecule has 0 aromatic carbocycles. The standard InChI is InChI=1S/C58H115NO5/c1-3-5-7-9-11-13-15-17-19-20-24-28-32-36-40-44-48-52-58(63)64-53-49-45-41-37-33-29-25-22-21-23-27-31-35-39-43-47-51-57(62)59-55(54-60)56(61)50-46-42-38-34-30-26-18-16-14-12-10-8-6-4-2/h55-56,60-61H,3-54H2,1-2H3,(H,59,62). The monoisotopic (exact) mass is 906 g/mol. The first kappa shape index (κ1) is 62.9. The van der Waals surface area contributed by atoms with E-state index in [1.54, 1.807) is 0 Å². The van der Waals surface area contributed by atoms with Gasteiger partial charge in [0.05, 0.1) is 25.4 Å². The van der Waals surface area contributed by atoms with Crippen LogP contribution in [-0.2, 0) is 14.3 Å². The number of carbonyl (C=O) groups is 2. The van der Waals surface area contributed by atoms with Crippen molar-refractivity contribution in [1.82, 2.24) is 5.32 Å². The van der Waals surface area contributed by atoms with Gasteiger partial charge in [0, 0.05) is 12.8 Å². The maximum atomic E-state index is 12.5. The number of hydrogen-bond donors (Lipinski definition) is 3. The predicted molar refractivity (Wildman–Crippen MR) is 278 cm³/mol. The van der Waals surface area contributed by atoms with E-state index < -0.39 is 12.1 Å². The average molecular weight is 907 g/mol. The molecular formula is C58H115NO5. The second-order valence-corrected chi connectivity index (χ2v) is 20.3. The van der Waals surface area contributed by atoms with E-state index in [9.17, 15) is 19.8 Å². The number of hydrogen-bond acceptors (Lipinski definition) is 5. The number of carbonyl (C=O) groups excluding carboxylic acids is 2. The van der Waals surface area contributed by atoms with Gasteiger partial charge < -0.3 is 20.3 Å². The van der Waals surface area contributed by atoms with Crippen molar-refractivity contribution >= 4 is 11.9 Å². The highest BCUT2D eigenvalue weighted by molar-refractivity contribution is 5.76. The molecule has 0 bridgehead atoms. The highest BCUT2D eigenvalue weighted by Gasteiger charge is 2.20. The molecule has 2 unspecified atom stereocenters. The number of aliphatic hydroxyl groups is 2. The van der Waals surface area contributed by atoms with Gasteiger partial charge in [0.2, 0.25) is 5.91 Å². The first-order chi connectivity index (χ1) is 31.5. The highest BCUT2D eigenvalue weighted by Crippen LogP contribution is 2.18. The molecule has 0 aromatic rings. The Hall–Kier alpha value is -1.14. The quantitative estimate of drug-likeness (QED) is 0.0417. The number of amides is 1. The Kier molecular flexibility index (Phi) is 53.5. The summed E-state index contributed by atoms with van der Waals surface area (Å²) in [6.07, 6.45) is 62.3. The molecule has 1 amide bonds. The molecule has 382 valence electrons. The number of nitrogens with one attached hydrogen (secondary N) is 1. The zero-order chi connectivity index (χ0) is 46.5. The topological polar surface area (TPSA) is 95.9 Å². The van der Waals surface area contributed by atoms with Crippen LogP contribution in [0.4, 0.5) is 0 Å². The maximum absolute atomic E-state index is 12.5. The Labute approximate surface area is 400 Å². The van der Waals surface area contributed by atoms with Crippen molar-refractivity contribution in [3.63, 3.8) is 0 Å². The summed E-state index contributed by atoms with van der Waals surface area (Å²) in [5, 5.41) is 23.2. The number of aliphatic hydroxyl groups excluding tert-OH is 2.